The topological polar surface area (TPSA) is 79.9 Å². The molecule has 0 unspecified atom stereocenters. The Morgan fingerprint density at radius 2 is 1.92 bits per heavy atom. The summed E-state index contributed by atoms with van der Waals surface area (Å²) in [5.41, 5.74) is 1.00. The molecule has 0 saturated carbocycles. The van der Waals surface area contributed by atoms with Crippen molar-refractivity contribution < 1.29 is 9.53 Å². The Labute approximate surface area is 139 Å². The number of amides is 1. The summed E-state index contributed by atoms with van der Waals surface area (Å²) < 4.78 is 5.48. The van der Waals surface area contributed by atoms with Crippen molar-refractivity contribution in [1.82, 2.24) is 20.3 Å². The molecule has 122 valence electrons. The molecule has 0 atom stereocenters. The van der Waals surface area contributed by atoms with Gasteiger partial charge in [0.05, 0.1) is 0 Å². The van der Waals surface area contributed by atoms with Crippen LogP contribution in [-0.4, -0.2) is 34.1 Å². The standard InChI is InChI=1S/C18H18N4O2/c23-16(14-3-1-4-15-13(14)5-10-19-15)22-18(6-11-24-12-7-18)17-20-8-2-9-21-17/h1-5,8-10,19H,6-7,11-12H2,(H,22,23). The monoisotopic (exact) mass is 322 g/mol. The molecule has 4 rings (SSSR count). The third-order valence-electron chi connectivity index (χ3n) is 4.53. The van der Waals surface area contributed by atoms with Gasteiger partial charge in [-0.15, -0.1) is 0 Å². The molecule has 1 aliphatic rings. The summed E-state index contributed by atoms with van der Waals surface area (Å²) in [4.78, 5) is 24.9. The number of fused-ring (bicyclic) bond motifs is 1. The van der Waals surface area contributed by atoms with Crippen molar-refractivity contribution in [2.75, 3.05) is 13.2 Å². The van der Waals surface area contributed by atoms with E-state index in [9.17, 15) is 4.79 Å². The third-order valence-corrected chi connectivity index (χ3v) is 4.53. The van der Waals surface area contributed by atoms with Crippen LogP contribution in [0.15, 0.2) is 48.9 Å². The number of hydrogen-bond donors (Lipinski definition) is 2. The van der Waals surface area contributed by atoms with Gasteiger partial charge in [0.15, 0.2) is 5.82 Å². The summed E-state index contributed by atoms with van der Waals surface area (Å²) in [6.07, 6.45) is 6.57. The van der Waals surface area contributed by atoms with E-state index in [0.29, 0.717) is 37.4 Å². The number of carbonyl (C=O) groups excluding carboxylic acids is 1. The zero-order chi connectivity index (χ0) is 16.4. The van der Waals surface area contributed by atoms with Gasteiger partial charge in [-0.2, -0.15) is 0 Å². The van der Waals surface area contributed by atoms with Gasteiger partial charge in [0, 0.05) is 61.1 Å². The van der Waals surface area contributed by atoms with Gasteiger partial charge in [0.1, 0.15) is 5.54 Å². The molecule has 6 heteroatoms. The maximum atomic E-state index is 13.0. The van der Waals surface area contributed by atoms with E-state index in [4.69, 9.17) is 4.74 Å². The summed E-state index contributed by atoms with van der Waals surface area (Å²) in [5, 5.41) is 4.10. The van der Waals surface area contributed by atoms with E-state index < -0.39 is 5.54 Å². The fourth-order valence-electron chi connectivity index (χ4n) is 3.24. The summed E-state index contributed by atoms with van der Waals surface area (Å²) in [7, 11) is 0. The van der Waals surface area contributed by atoms with Gasteiger partial charge >= 0.3 is 0 Å². The van der Waals surface area contributed by atoms with E-state index in [1.807, 2.05) is 30.5 Å². The molecule has 24 heavy (non-hydrogen) atoms. The average molecular weight is 322 g/mol. The molecule has 3 aromatic rings. The number of hydrogen-bond acceptors (Lipinski definition) is 4. The van der Waals surface area contributed by atoms with Crippen molar-refractivity contribution in [2.45, 2.75) is 18.4 Å². The number of rotatable bonds is 3. The van der Waals surface area contributed by atoms with Gasteiger partial charge in [-0.25, -0.2) is 9.97 Å². The van der Waals surface area contributed by atoms with Crippen LogP contribution < -0.4 is 5.32 Å². The molecule has 1 aliphatic heterocycles. The number of carbonyl (C=O) groups is 1. The molecule has 1 saturated heterocycles. The molecule has 2 aromatic heterocycles. The SMILES string of the molecule is O=C(NC1(c2ncccn2)CCOCC1)c1cccc2[nH]ccc12. The van der Waals surface area contributed by atoms with Crippen LogP contribution in [0.1, 0.15) is 29.0 Å². The molecular formula is C18H18N4O2. The molecule has 1 fully saturated rings. The second-order valence-corrected chi connectivity index (χ2v) is 5.97. The normalized spacial score (nSPS) is 16.8. The molecule has 0 radical (unpaired) electrons. The predicted molar refractivity (Wildman–Crippen MR) is 89.5 cm³/mol. The van der Waals surface area contributed by atoms with Crippen molar-refractivity contribution in [1.29, 1.82) is 0 Å². The molecule has 2 N–H and O–H groups in total. The Balaban J connectivity index is 1.70. The van der Waals surface area contributed by atoms with E-state index in [1.54, 1.807) is 18.5 Å². The first-order chi connectivity index (χ1) is 11.8. The van der Waals surface area contributed by atoms with Crippen LogP contribution in [0.3, 0.4) is 0 Å². The fourth-order valence-corrected chi connectivity index (χ4v) is 3.24. The van der Waals surface area contributed by atoms with E-state index in [-0.39, 0.29) is 5.91 Å². The Morgan fingerprint density at radius 3 is 2.71 bits per heavy atom. The Hall–Kier alpha value is -2.73. The van der Waals surface area contributed by atoms with Crippen LogP contribution in [0, 0.1) is 0 Å². The number of aromatic amines is 1. The lowest BCUT2D eigenvalue weighted by Crippen LogP contribution is -2.50. The van der Waals surface area contributed by atoms with Crippen LogP contribution in [0.25, 0.3) is 10.9 Å². The lowest BCUT2D eigenvalue weighted by molar-refractivity contribution is 0.0314. The number of ether oxygens (including phenoxy) is 1. The highest BCUT2D eigenvalue weighted by atomic mass is 16.5. The zero-order valence-electron chi connectivity index (χ0n) is 13.2. The first kappa shape index (κ1) is 14.8. The van der Waals surface area contributed by atoms with Gasteiger partial charge in [0.25, 0.3) is 5.91 Å². The van der Waals surface area contributed by atoms with Crippen molar-refractivity contribution in [2.24, 2.45) is 0 Å². The summed E-state index contributed by atoms with van der Waals surface area (Å²) in [5.74, 6) is 0.525. The van der Waals surface area contributed by atoms with E-state index in [1.165, 1.54) is 0 Å². The second kappa shape index (κ2) is 6.05. The lowest BCUT2D eigenvalue weighted by atomic mass is 9.88. The zero-order valence-corrected chi connectivity index (χ0v) is 13.2. The van der Waals surface area contributed by atoms with Crippen molar-refractivity contribution >= 4 is 16.8 Å². The smallest absolute Gasteiger partial charge is 0.252 e. The molecule has 1 aromatic carbocycles. The minimum Gasteiger partial charge on any atom is -0.381 e. The Bertz CT molecular complexity index is 854. The first-order valence-electron chi connectivity index (χ1n) is 8.02. The highest BCUT2D eigenvalue weighted by Crippen LogP contribution is 2.30. The molecule has 1 amide bonds. The predicted octanol–water partition coefficient (Wildman–Crippen LogP) is 2.39. The Kier molecular flexibility index (Phi) is 3.74. The largest absolute Gasteiger partial charge is 0.381 e. The van der Waals surface area contributed by atoms with Crippen LogP contribution in [0.4, 0.5) is 0 Å². The minimum absolute atomic E-state index is 0.116. The summed E-state index contributed by atoms with van der Waals surface area (Å²) in [6.45, 7) is 1.15. The molecule has 6 nitrogen and oxygen atoms in total. The number of H-pyrrole nitrogens is 1. The third kappa shape index (κ3) is 2.55. The van der Waals surface area contributed by atoms with Crippen LogP contribution >= 0.6 is 0 Å². The molecule has 0 aliphatic carbocycles. The quantitative estimate of drug-likeness (QED) is 0.776. The average Bonchev–Trinajstić information content (AvgIpc) is 3.12. The Morgan fingerprint density at radius 1 is 1.12 bits per heavy atom. The number of benzene rings is 1. The highest BCUT2D eigenvalue weighted by Gasteiger charge is 2.39. The lowest BCUT2D eigenvalue weighted by Gasteiger charge is -2.36. The summed E-state index contributed by atoms with van der Waals surface area (Å²) >= 11 is 0. The maximum absolute atomic E-state index is 13.0. The van der Waals surface area contributed by atoms with Crippen molar-refractivity contribution in [3.63, 3.8) is 0 Å². The first-order valence-corrected chi connectivity index (χ1v) is 8.02. The molecule has 0 spiro atoms. The van der Waals surface area contributed by atoms with E-state index in [2.05, 4.69) is 20.3 Å². The van der Waals surface area contributed by atoms with Gasteiger partial charge in [-0.3, -0.25) is 4.79 Å². The number of nitrogens with one attached hydrogen (secondary N) is 2. The highest BCUT2D eigenvalue weighted by molar-refractivity contribution is 6.06. The minimum atomic E-state index is -0.588. The van der Waals surface area contributed by atoms with Crippen molar-refractivity contribution in [3.05, 3.63) is 60.3 Å². The van der Waals surface area contributed by atoms with E-state index >= 15 is 0 Å². The molecule has 3 heterocycles. The molecule has 0 bridgehead atoms. The number of aromatic nitrogens is 3. The van der Waals surface area contributed by atoms with Crippen LogP contribution in [0.5, 0.6) is 0 Å². The maximum Gasteiger partial charge on any atom is 0.252 e. The summed E-state index contributed by atoms with van der Waals surface area (Å²) in [6, 6.07) is 9.36. The second-order valence-electron chi connectivity index (χ2n) is 5.97. The van der Waals surface area contributed by atoms with Crippen molar-refractivity contribution in [3.8, 4) is 0 Å². The number of nitrogens with zero attached hydrogens (tertiary/aromatic N) is 2. The van der Waals surface area contributed by atoms with Crippen LogP contribution in [0.2, 0.25) is 0 Å². The molecular weight excluding hydrogens is 304 g/mol. The van der Waals surface area contributed by atoms with Gasteiger partial charge in [0.2, 0.25) is 0 Å². The van der Waals surface area contributed by atoms with Gasteiger partial charge < -0.3 is 15.0 Å². The van der Waals surface area contributed by atoms with E-state index in [0.717, 1.165) is 10.9 Å². The van der Waals surface area contributed by atoms with Crippen LogP contribution in [-0.2, 0) is 10.3 Å². The fraction of sp³-hybridized carbons (Fsp3) is 0.278. The van der Waals surface area contributed by atoms with Gasteiger partial charge in [-0.05, 0) is 24.3 Å². The van der Waals surface area contributed by atoms with Gasteiger partial charge in [-0.1, -0.05) is 6.07 Å².